The molecule has 0 rings (SSSR count). The molecule has 0 heteroatoms. The summed E-state index contributed by atoms with van der Waals surface area (Å²) in [6.45, 7) is 9.00. The highest BCUT2D eigenvalue weighted by Crippen LogP contribution is 2.21. The zero-order valence-electron chi connectivity index (χ0n) is 12.5. The minimum atomic E-state index is 0.951. The van der Waals surface area contributed by atoms with E-state index in [0.717, 1.165) is 12.3 Å². The summed E-state index contributed by atoms with van der Waals surface area (Å²) >= 11 is 0. The van der Waals surface area contributed by atoms with Crippen LogP contribution in [0.25, 0.3) is 0 Å². The summed E-state index contributed by atoms with van der Waals surface area (Å²) < 4.78 is 0. The minimum Gasteiger partial charge on any atom is -0.0914 e. The van der Waals surface area contributed by atoms with Crippen molar-refractivity contribution in [3.8, 4) is 0 Å². The van der Waals surface area contributed by atoms with Crippen LogP contribution in [0, 0.1) is 5.92 Å². The van der Waals surface area contributed by atoms with Crippen molar-refractivity contribution in [2.75, 3.05) is 0 Å². The van der Waals surface area contributed by atoms with Crippen LogP contribution in [0.3, 0.4) is 0 Å². The lowest BCUT2D eigenvalue weighted by molar-refractivity contribution is 0.416. The molecule has 0 aromatic heterocycles. The average molecular weight is 236 g/mol. The maximum atomic E-state index is 2.37. The second kappa shape index (κ2) is 12.0. The molecule has 0 fully saturated rings. The van der Waals surface area contributed by atoms with E-state index in [2.05, 4.69) is 45.9 Å². The van der Waals surface area contributed by atoms with Crippen molar-refractivity contribution in [3.05, 3.63) is 23.8 Å². The van der Waals surface area contributed by atoms with Gasteiger partial charge in [0.2, 0.25) is 0 Å². The van der Waals surface area contributed by atoms with E-state index in [9.17, 15) is 0 Å². The highest BCUT2D eigenvalue weighted by Gasteiger charge is 2.05. The highest BCUT2D eigenvalue weighted by atomic mass is 14.1. The van der Waals surface area contributed by atoms with Gasteiger partial charge in [0.15, 0.2) is 0 Å². The van der Waals surface area contributed by atoms with Crippen LogP contribution in [0.5, 0.6) is 0 Å². The smallest absolute Gasteiger partial charge is 0.0167 e. The Kier molecular flexibility index (Phi) is 11.6. The van der Waals surface area contributed by atoms with E-state index in [0.29, 0.717) is 0 Å². The first-order valence-corrected chi connectivity index (χ1v) is 7.51. The molecule has 0 amide bonds. The van der Waals surface area contributed by atoms with Gasteiger partial charge in [0, 0.05) is 0 Å². The molecule has 0 aliphatic rings. The molecule has 100 valence electrons. The third-order valence-electron chi connectivity index (χ3n) is 3.58. The number of hydrogen-bond donors (Lipinski definition) is 0. The van der Waals surface area contributed by atoms with E-state index in [1.54, 1.807) is 5.57 Å². The zero-order chi connectivity index (χ0) is 12.9. The van der Waals surface area contributed by atoms with E-state index in [1.165, 1.54) is 44.9 Å². The first-order chi connectivity index (χ1) is 8.24. The molecular formula is C17H32. The molecule has 0 spiro atoms. The summed E-state index contributed by atoms with van der Waals surface area (Å²) in [4.78, 5) is 0. The van der Waals surface area contributed by atoms with Gasteiger partial charge in [0.05, 0.1) is 0 Å². The quantitative estimate of drug-likeness (QED) is 0.309. The lowest BCUT2D eigenvalue weighted by atomic mass is 9.92. The standard InChI is InChI=1S/C17H32/c1-5-8-10-12-16(4)14-15-17(7-3)13-11-9-6-2/h5,8,12,17H,6-7,9-11,13-15H2,1-4H3. The fourth-order valence-corrected chi connectivity index (χ4v) is 2.17. The predicted octanol–water partition coefficient (Wildman–Crippen LogP) is 6.29. The van der Waals surface area contributed by atoms with Crippen molar-refractivity contribution in [1.82, 2.24) is 0 Å². The van der Waals surface area contributed by atoms with E-state index >= 15 is 0 Å². The van der Waals surface area contributed by atoms with Crippen molar-refractivity contribution in [2.45, 2.75) is 79.1 Å². The van der Waals surface area contributed by atoms with Gasteiger partial charge in [-0.15, -0.1) is 0 Å². The van der Waals surface area contributed by atoms with Crippen LogP contribution < -0.4 is 0 Å². The van der Waals surface area contributed by atoms with Crippen LogP contribution >= 0.6 is 0 Å². The summed E-state index contributed by atoms with van der Waals surface area (Å²) in [7, 11) is 0. The summed E-state index contributed by atoms with van der Waals surface area (Å²) in [5.74, 6) is 0.951. The van der Waals surface area contributed by atoms with Crippen molar-refractivity contribution < 1.29 is 0 Å². The number of unbranched alkanes of at least 4 members (excludes halogenated alkanes) is 2. The third kappa shape index (κ3) is 10.4. The van der Waals surface area contributed by atoms with Crippen LogP contribution in [-0.2, 0) is 0 Å². The first kappa shape index (κ1) is 16.5. The van der Waals surface area contributed by atoms with E-state index in [4.69, 9.17) is 0 Å². The maximum Gasteiger partial charge on any atom is -0.0167 e. The van der Waals surface area contributed by atoms with Crippen LogP contribution in [0.1, 0.15) is 79.1 Å². The second-order valence-electron chi connectivity index (χ2n) is 5.16. The molecule has 0 N–H and O–H groups in total. The Bertz CT molecular complexity index is 210. The molecular weight excluding hydrogens is 204 g/mol. The topological polar surface area (TPSA) is 0 Å². The summed E-state index contributed by atoms with van der Waals surface area (Å²) in [6, 6.07) is 0. The molecule has 0 aromatic carbocycles. The van der Waals surface area contributed by atoms with Gasteiger partial charge in [-0.05, 0) is 39.0 Å². The molecule has 0 nitrogen and oxygen atoms in total. The van der Waals surface area contributed by atoms with E-state index in [1.807, 2.05) is 0 Å². The molecule has 1 unspecified atom stereocenters. The normalized spacial score (nSPS) is 14.5. The molecule has 0 aliphatic heterocycles. The van der Waals surface area contributed by atoms with Gasteiger partial charge in [-0.25, -0.2) is 0 Å². The van der Waals surface area contributed by atoms with Crippen molar-refractivity contribution in [2.24, 2.45) is 5.92 Å². The molecule has 17 heavy (non-hydrogen) atoms. The SMILES string of the molecule is CC=CCC=C(C)CCC(CC)CCCCC. The Morgan fingerprint density at radius 3 is 2.47 bits per heavy atom. The van der Waals surface area contributed by atoms with E-state index < -0.39 is 0 Å². The minimum absolute atomic E-state index is 0.951. The Morgan fingerprint density at radius 2 is 1.88 bits per heavy atom. The Balaban J connectivity index is 3.76. The maximum absolute atomic E-state index is 2.37. The second-order valence-corrected chi connectivity index (χ2v) is 5.16. The number of allylic oxidation sites excluding steroid dienone is 4. The lowest BCUT2D eigenvalue weighted by Crippen LogP contribution is -1.99. The molecule has 0 saturated heterocycles. The van der Waals surface area contributed by atoms with Gasteiger partial charge in [0.1, 0.15) is 0 Å². The largest absolute Gasteiger partial charge is 0.0914 e. The highest BCUT2D eigenvalue weighted by molar-refractivity contribution is 5.01. The lowest BCUT2D eigenvalue weighted by Gasteiger charge is -2.14. The molecule has 0 saturated carbocycles. The summed E-state index contributed by atoms with van der Waals surface area (Å²) in [5, 5.41) is 0. The summed E-state index contributed by atoms with van der Waals surface area (Å²) in [6.07, 6.45) is 17.5. The Morgan fingerprint density at radius 1 is 1.12 bits per heavy atom. The molecule has 0 bridgehead atoms. The Hall–Kier alpha value is -0.520. The predicted molar refractivity (Wildman–Crippen MR) is 80.3 cm³/mol. The van der Waals surface area contributed by atoms with Gasteiger partial charge in [-0.3, -0.25) is 0 Å². The number of hydrogen-bond acceptors (Lipinski definition) is 0. The fraction of sp³-hybridized carbons (Fsp3) is 0.765. The molecule has 0 radical (unpaired) electrons. The van der Waals surface area contributed by atoms with Gasteiger partial charge in [-0.2, -0.15) is 0 Å². The molecule has 0 aliphatic carbocycles. The van der Waals surface area contributed by atoms with Crippen LogP contribution in [-0.4, -0.2) is 0 Å². The average Bonchev–Trinajstić information content (AvgIpc) is 2.34. The zero-order valence-corrected chi connectivity index (χ0v) is 12.5. The van der Waals surface area contributed by atoms with E-state index in [-0.39, 0.29) is 0 Å². The Labute approximate surface area is 109 Å². The molecule has 0 heterocycles. The van der Waals surface area contributed by atoms with Crippen molar-refractivity contribution >= 4 is 0 Å². The van der Waals surface area contributed by atoms with Crippen molar-refractivity contribution in [1.29, 1.82) is 0 Å². The fourth-order valence-electron chi connectivity index (χ4n) is 2.17. The number of rotatable bonds is 10. The molecule has 0 aromatic rings. The van der Waals surface area contributed by atoms with Gasteiger partial charge in [-0.1, -0.05) is 69.8 Å². The third-order valence-corrected chi connectivity index (χ3v) is 3.58. The first-order valence-electron chi connectivity index (χ1n) is 7.51. The molecule has 1 atom stereocenters. The van der Waals surface area contributed by atoms with Gasteiger partial charge < -0.3 is 0 Å². The van der Waals surface area contributed by atoms with Gasteiger partial charge >= 0.3 is 0 Å². The van der Waals surface area contributed by atoms with Crippen LogP contribution in [0.2, 0.25) is 0 Å². The monoisotopic (exact) mass is 236 g/mol. The van der Waals surface area contributed by atoms with Crippen LogP contribution in [0.4, 0.5) is 0 Å². The van der Waals surface area contributed by atoms with Crippen LogP contribution in [0.15, 0.2) is 23.8 Å². The summed E-state index contributed by atoms with van der Waals surface area (Å²) in [5.41, 5.74) is 1.57. The van der Waals surface area contributed by atoms with Gasteiger partial charge in [0.25, 0.3) is 0 Å². The van der Waals surface area contributed by atoms with Crippen molar-refractivity contribution in [3.63, 3.8) is 0 Å².